The molecular weight excluding hydrogens is 445 g/mol. The summed E-state index contributed by atoms with van der Waals surface area (Å²) in [6, 6.07) is 11.5. The van der Waals surface area contributed by atoms with E-state index in [4.69, 9.17) is 11.6 Å². The van der Waals surface area contributed by atoms with E-state index in [0.29, 0.717) is 22.3 Å². The number of amides is 1. The molecule has 2 heterocycles. The molecule has 32 heavy (non-hydrogen) atoms. The lowest BCUT2D eigenvalue weighted by Gasteiger charge is -2.17. The van der Waals surface area contributed by atoms with Gasteiger partial charge in [0.15, 0.2) is 5.82 Å². The largest absolute Gasteiger partial charge is 0.417 e. The summed E-state index contributed by atoms with van der Waals surface area (Å²) in [6.45, 7) is 1.49. The van der Waals surface area contributed by atoms with E-state index in [2.05, 4.69) is 15.5 Å². The van der Waals surface area contributed by atoms with Gasteiger partial charge < -0.3 is 5.32 Å². The average molecular weight is 461 g/mol. The van der Waals surface area contributed by atoms with Gasteiger partial charge in [0.25, 0.3) is 5.56 Å². The summed E-state index contributed by atoms with van der Waals surface area (Å²) in [4.78, 5) is 25.7. The zero-order valence-corrected chi connectivity index (χ0v) is 17.3. The number of fused-ring (bicyclic) bond motifs is 1. The summed E-state index contributed by atoms with van der Waals surface area (Å²) in [5.41, 5.74) is -0.789. The summed E-state index contributed by atoms with van der Waals surface area (Å²) >= 11 is 5.67. The SMILES string of the molecule is CC(C(=O)Nc1cccc2c(=O)n(-c3cc[nH]n3)ccc12)c1ccc(Cl)c(C(F)(F)F)c1. The molecule has 0 spiro atoms. The number of H-pyrrole nitrogens is 1. The minimum Gasteiger partial charge on any atom is -0.325 e. The third-order valence-electron chi connectivity index (χ3n) is 5.13. The van der Waals surface area contributed by atoms with E-state index in [0.717, 1.165) is 12.1 Å². The molecule has 0 fully saturated rings. The van der Waals surface area contributed by atoms with Crippen LogP contribution in [0.3, 0.4) is 0 Å². The lowest BCUT2D eigenvalue weighted by Crippen LogP contribution is -2.21. The Balaban J connectivity index is 1.66. The summed E-state index contributed by atoms with van der Waals surface area (Å²) < 4.78 is 40.9. The van der Waals surface area contributed by atoms with E-state index in [1.807, 2.05) is 0 Å². The fourth-order valence-electron chi connectivity index (χ4n) is 3.38. The molecule has 4 rings (SSSR count). The molecule has 10 heteroatoms. The van der Waals surface area contributed by atoms with Crippen LogP contribution < -0.4 is 10.9 Å². The third-order valence-corrected chi connectivity index (χ3v) is 5.46. The van der Waals surface area contributed by atoms with Crippen LogP contribution in [0, 0.1) is 0 Å². The smallest absolute Gasteiger partial charge is 0.325 e. The summed E-state index contributed by atoms with van der Waals surface area (Å²) in [5.74, 6) is -0.999. The number of aromatic amines is 1. The second-order valence-corrected chi connectivity index (χ2v) is 7.55. The van der Waals surface area contributed by atoms with Crippen molar-refractivity contribution < 1.29 is 18.0 Å². The summed E-state index contributed by atoms with van der Waals surface area (Å²) in [6.07, 6.45) is -1.51. The van der Waals surface area contributed by atoms with Gasteiger partial charge in [-0.3, -0.25) is 19.3 Å². The number of anilines is 1. The van der Waals surface area contributed by atoms with Crippen LogP contribution in [0.5, 0.6) is 0 Å². The predicted molar refractivity (Wildman–Crippen MR) is 115 cm³/mol. The highest BCUT2D eigenvalue weighted by Gasteiger charge is 2.34. The van der Waals surface area contributed by atoms with E-state index in [-0.39, 0.29) is 11.1 Å². The third kappa shape index (κ3) is 3.99. The molecule has 2 aromatic heterocycles. The Bertz CT molecular complexity index is 1360. The highest BCUT2D eigenvalue weighted by atomic mass is 35.5. The van der Waals surface area contributed by atoms with Crippen LogP contribution in [0.25, 0.3) is 16.6 Å². The van der Waals surface area contributed by atoms with Crippen molar-refractivity contribution in [3.05, 3.63) is 87.4 Å². The molecule has 0 radical (unpaired) electrons. The number of alkyl halides is 3. The maximum absolute atomic E-state index is 13.2. The van der Waals surface area contributed by atoms with Crippen LogP contribution >= 0.6 is 11.6 Å². The van der Waals surface area contributed by atoms with E-state index in [9.17, 15) is 22.8 Å². The summed E-state index contributed by atoms with van der Waals surface area (Å²) in [7, 11) is 0. The van der Waals surface area contributed by atoms with Crippen LogP contribution in [0.4, 0.5) is 18.9 Å². The van der Waals surface area contributed by atoms with Crippen LogP contribution in [0.2, 0.25) is 5.02 Å². The Morgan fingerprint density at radius 3 is 2.62 bits per heavy atom. The second kappa shape index (κ2) is 8.16. The maximum atomic E-state index is 13.2. The number of aromatic nitrogens is 3. The van der Waals surface area contributed by atoms with Gasteiger partial charge in [-0.25, -0.2) is 0 Å². The number of nitrogens with zero attached hydrogens (tertiary/aromatic N) is 2. The zero-order valence-electron chi connectivity index (χ0n) is 16.6. The molecule has 4 aromatic rings. The summed E-state index contributed by atoms with van der Waals surface area (Å²) in [5, 5.41) is 9.76. The monoisotopic (exact) mass is 460 g/mol. The van der Waals surface area contributed by atoms with Crippen molar-refractivity contribution in [1.82, 2.24) is 14.8 Å². The van der Waals surface area contributed by atoms with Gasteiger partial charge in [0.05, 0.1) is 16.5 Å². The van der Waals surface area contributed by atoms with E-state index in [1.165, 1.54) is 23.8 Å². The van der Waals surface area contributed by atoms with E-state index < -0.39 is 28.6 Å². The minimum absolute atomic E-state index is 0.167. The van der Waals surface area contributed by atoms with E-state index >= 15 is 0 Å². The maximum Gasteiger partial charge on any atom is 0.417 e. The Labute approximate surface area is 184 Å². The van der Waals surface area contributed by atoms with Gasteiger partial charge in [-0.15, -0.1) is 0 Å². The molecule has 1 unspecified atom stereocenters. The van der Waals surface area contributed by atoms with Crippen molar-refractivity contribution in [2.24, 2.45) is 0 Å². The van der Waals surface area contributed by atoms with Gasteiger partial charge in [-0.2, -0.15) is 18.3 Å². The van der Waals surface area contributed by atoms with Crippen LogP contribution in [0.15, 0.2) is 65.7 Å². The molecule has 2 aromatic carbocycles. The van der Waals surface area contributed by atoms with Crippen molar-refractivity contribution in [3.63, 3.8) is 0 Å². The molecule has 0 bridgehead atoms. The van der Waals surface area contributed by atoms with Gasteiger partial charge in [-0.1, -0.05) is 23.7 Å². The Morgan fingerprint density at radius 1 is 1.16 bits per heavy atom. The predicted octanol–water partition coefficient (Wildman–Crippen LogP) is 5.13. The Morgan fingerprint density at radius 2 is 1.94 bits per heavy atom. The Kier molecular flexibility index (Phi) is 5.52. The Hall–Kier alpha value is -3.59. The van der Waals surface area contributed by atoms with E-state index in [1.54, 1.807) is 36.5 Å². The number of halogens is 4. The molecular formula is C22H16ClF3N4O2. The van der Waals surface area contributed by atoms with Crippen LogP contribution in [-0.2, 0) is 11.0 Å². The number of rotatable bonds is 4. The quantitative estimate of drug-likeness (QED) is 0.443. The number of benzene rings is 2. The number of carbonyl (C=O) groups is 1. The highest BCUT2D eigenvalue weighted by molar-refractivity contribution is 6.31. The highest BCUT2D eigenvalue weighted by Crippen LogP contribution is 2.36. The lowest BCUT2D eigenvalue weighted by atomic mass is 9.97. The van der Waals surface area contributed by atoms with Crippen LogP contribution in [0.1, 0.15) is 24.0 Å². The number of hydrogen-bond acceptors (Lipinski definition) is 3. The molecule has 6 nitrogen and oxygen atoms in total. The number of nitrogens with one attached hydrogen (secondary N) is 2. The molecule has 1 atom stereocenters. The minimum atomic E-state index is -4.63. The molecule has 0 aliphatic heterocycles. The average Bonchev–Trinajstić information content (AvgIpc) is 3.28. The fraction of sp³-hybridized carbons (Fsp3) is 0.136. The van der Waals surface area contributed by atoms with Gasteiger partial charge >= 0.3 is 6.18 Å². The normalized spacial score (nSPS) is 12.7. The van der Waals surface area contributed by atoms with Crippen LogP contribution in [-0.4, -0.2) is 20.7 Å². The zero-order chi connectivity index (χ0) is 23.0. The van der Waals surface area contributed by atoms with Crippen molar-refractivity contribution in [2.45, 2.75) is 19.0 Å². The number of pyridine rings is 1. The molecule has 0 aliphatic carbocycles. The van der Waals surface area contributed by atoms with Gasteiger partial charge in [0.1, 0.15) is 0 Å². The van der Waals surface area contributed by atoms with Crippen molar-refractivity contribution >= 4 is 34.0 Å². The first-order valence-electron chi connectivity index (χ1n) is 9.49. The molecule has 1 amide bonds. The molecule has 0 saturated carbocycles. The molecule has 164 valence electrons. The first-order chi connectivity index (χ1) is 15.2. The van der Waals surface area contributed by atoms with Gasteiger partial charge in [-0.05, 0) is 42.8 Å². The van der Waals surface area contributed by atoms with Crippen molar-refractivity contribution in [1.29, 1.82) is 0 Å². The standard InChI is InChI=1S/C22H16ClF3N4O2/c1-12(13-5-6-17(23)16(11-13)22(24,25)26)20(31)28-18-4-2-3-15-14(18)8-10-30(21(15)32)19-7-9-27-29-19/h2-12H,1H3,(H,27,29)(H,28,31). The number of hydrogen-bond donors (Lipinski definition) is 2. The van der Waals surface area contributed by atoms with Gasteiger partial charge in [0, 0.05) is 34.9 Å². The molecule has 0 saturated heterocycles. The second-order valence-electron chi connectivity index (χ2n) is 7.14. The van der Waals surface area contributed by atoms with Gasteiger partial charge in [0.2, 0.25) is 5.91 Å². The first-order valence-corrected chi connectivity index (χ1v) is 9.86. The molecule has 2 N–H and O–H groups in total. The topological polar surface area (TPSA) is 79.8 Å². The lowest BCUT2D eigenvalue weighted by molar-refractivity contribution is -0.137. The molecule has 0 aliphatic rings. The van der Waals surface area contributed by atoms with Crippen molar-refractivity contribution in [2.75, 3.05) is 5.32 Å². The fourth-order valence-corrected chi connectivity index (χ4v) is 3.60. The number of carbonyl (C=O) groups excluding carboxylic acids is 1. The van der Waals surface area contributed by atoms with Crippen molar-refractivity contribution in [3.8, 4) is 5.82 Å². The first kappa shape index (κ1) is 21.6.